The number of nitrogens with one attached hydrogen (secondary N) is 1. The summed E-state index contributed by atoms with van der Waals surface area (Å²) in [5.74, 6) is -4.19. The van der Waals surface area contributed by atoms with Gasteiger partial charge in [0.2, 0.25) is 0 Å². The Kier molecular flexibility index (Phi) is 7.22. The van der Waals surface area contributed by atoms with E-state index in [2.05, 4.69) is 5.32 Å². The summed E-state index contributed by atoms with van der Waals surface area (Å²) in [6.07, 6.45) is -0.875. The monoisotopic (exact) mass is 557 g/mol. The summed E-state index contributed by atoms with van der Waals surface area (Å²) in [7, 11) is -4.07. The van der Waals surface area contributed by atoms with Gasteiger partial charge in [-0.25, -0.2) is 17.2 Å². The van der Waals surface area contributed by atoms with E-state index in [1.807, 2.05) is 6.92 Å². The second-order valence-electron chi connectivity index (χ2n) is 10.8. The van der Waals surface area contributed by atoms with Crippen molar-refractivity contribution in [2.24, 2.45) is 17.8 Å². The molecule has 2 fully saturated rings. The molecule has 1 amide bonds. The average molecular weight is 558 g/mol. The summed E-state index contributed by atoms with van der Waals surface area (Å²) < 4.78 is 54.1. The molecule has 2 aliphatic rings. The van der Waals surface area contributed by atoms with Crippen molar-refractivity contribution >= 4 is 33.0 Å². The lowest BCUT2D eigenvalue weighted by atomic mass is 9.67. The molecule has 2 aliphatic carbocycles. The third-order valence-electron chi connectivity index (χ3n) is 7.88. The first-order valence-electron chi connectivity index (χ1n) is 12.0. The van der Waals surface area contributed by atoms with Crippen LogP contribution in [-0.2, 0) is 9.84 Å². The van der Waals surface area contributed by atoms with E-state index >= 15 is 0 Å². The van der Waals surface area contributed by atoms with Gasteiger partial charge in [-0.2, -0.15) is 0 Å². The maximum Gasteiger partial charge on any atom is 0.255 e. The van der Waals surface area contributed by atoms with Gasteiger partial charge in [-0.1, -0.05) is 18.5 Å². The number of fused-ring (bicyclic) bond motifs is 2. The molecule has 0 spiro atoms. The second-order valence-corrected chi connectivity index (χ2v) is 13.4. The summed E-state index contributed by atoms with van der Waals surface area (Å²) in [4.78, 5) is 12.5. The summed E-state index contributed by atoms with van der Waals surface area (Å²) >= 11 is 6.26. The molecule has 6 atom stereocenters. The Morgan fingerprint density at radius 2 is 1.81 bits per heavy atom. The largest absolute Gasteiger partial charge is 0.388 e. The molecule has 0 heterocycles. The summed E-state index contributed by atoms with van der Waals surface area (Å²) in [5.41, 5.74) is -3.28. The van der Waals surface area contributed by atoms with E-state index in [4.69, 9.17) is 11.6 Å². The molecule has 0 radical (unpaired) electrons. The zero-order valence-electron chi connectivity index (χ0n) is 20.6. The Balaban J connectivity index is 1.62. The number of benzene rings is 2. The third kappa shape index (κ3) is 4.90. The molecule has 7 nitrogen and oxygen atoms in total. The van der Waals surface area contributed by atoms with Crippen molar-refractivity contribution in [3.05, 3.63) is 58.6 Å². The minimum Gasteiger partial charge on any atom is -0.388 e. The van der Waals surface area contributed by atoms with Gasteiger partial charge >= 0.3 is 0 Å². The highest BCUT2D eigenvalue weighted by molar-refractivity contribution is 7.92. The molecule has 2 aromatic rings. The van der Waals surface area contributed by atoms with Gasteiger partial charge in [0.1, 0.15) is 6.10 Å². The van der Waals surface area contributed by atoms with Crippen LogP contribution in [0.25, 0.3) is 0 Å². The van der Waals surface area contributed by atoms with Crippen molar-refractivity contribution in [1.82, 2.24) is 0 Å². The minimum absolute atomic E-state index is 0.00856. The lowest BCUT2D eigenvalue weighted by molar-refractivity contribution is -0.202. The lowest BCUT2D eigenvalue weighted by Crippen LogP contribution is -2.62. The van der Waals surface area contributed by atoms with E-state index in [-0.39, 0.29) is 39.9 Å². The molecule has 2 bridgehead atoms. The molecule has 37 heavy (non-hydrogen) atoms. The maximum atomic E-state index is 13.7. The van der Waals surface area contributed by atoms with Crippen LogP contribution in [0.2, 0.25) is 5.02 Å². The van der Waals surface area contributed by atoms with E-state index in [0.717, 1.165) is 18.2 Å². The Labute approximate surface area is 219 Å². The fourth-order valence-electron chi connectivity index (χ4n) is 6.03. The molecule has 2 unspecified atom stereocenters. The number of aliphatic hydroxyl groups is 3. The fourth-order valence-corrected chi connectivity index (χ4v) is 8.40. The van der Waals surface area contributed by atoms with Gasteiger partial charge in [-0.15, -0.1) is 0 Å². The lowest BCUT2D eigenvalue weighted by Gasteiger charge is -2.48. The van der Waals surface area contributed by atoms with E-state index in [0.29, 0.717) is 6.42 Å². The maximum absolute atomic E-state index is 13.7. The molecular weight excluding hydrogens is 528 g/mol. The number of rotatable bonds is 6. The van der Waals surface area contributed by atoms with E-state index in [1.165, 1.54) is 32.0 Å². The second kappa shape index (κ2) is 9.57. The number of hydrogen-bond acceptors (Lipinski definition) is 6. The van der Waals surface area contributed by atoms with Gasteiger partial charge in [-0.05, 0) is 81.2 Å². The highest BCUT2D eigenvalue weighted by atomic mass is 35.5. The smallest absolute Gasteiger partial charge is 0.255 e. The van der Waals surface area contributed by atoms with Crippen molar-refractivity contribution in [2.45, 2.75) is 67.5 Å². The minimum atomic E-state index is -4.07. The Bertz CT molecular complexity index is 1330. The first kappa shape index (κ1) is 27.9. The predicted molar refractivity (Wildman–Crippen MR) is 134 cm³/mol. The normalized spacial score (nSPS) is 28.7. The van der Waals surface area contributed by atoms with E-state index < -0.39 is 61.8 Å². The molecule has 2 saturated carbocycles. The first-order chi connectivity index (χ1) is 17.1. The zero-order chi connectivity index (χ0) is 27.5. The summed E-state index contributed by atoms with van der Waals surface area (Å²) in [6, 6.07) is 6.58. The molecule has 11 heteroatoms. The number of carbonyl (C=O) groups is 1. The van der Waals surface area contributed by atoms with Crippen LogP contribution in [0.5, 0.6) is 0 Å². The number of aliphatic hydroxyl groups excluding tert-OH is 1. The number of anilines is 1. The number of sulfone groups is 1. The van der Waals surface area contributed by atoms with Gasteiger partial charge < -0.3 is 20.6 Å². The SMILES string of the molecule is C[C@H]1CC2C[C@@H](S(=O)(=O)c3cc(C(=O)Nc4ccc(F)c(F)c4)ccc3Cl)CC1[C@@]2(O)[C@H](O)C(C)(C)O. The van der Waals surface area contributed by atoms with Crippen LogP contribution in [-0.4, -0.2) is 52.2 Å². The van der Waals surface area contributed by atoms with Crippen LogP contribution >= 0.6 is 11.6 Å². The summed E-state index contributed by atoms with van der Waals surface area (Å²) in [5, 5.41) is 34.1. The van der Waals surface area contributed by atoms with Crippen molar-refractivity contribution in [3.8, 4) is 0 Å². The van der Waals surface area contributed by atoms with Crippen molar-refractivity contribution < 1.29 is 37.3 Å². The van der Waals surface area contributed by atoms with Gasteiger partial charge in [0, 0.05) is 17.3 Å². The highest BCUT2D eigenvalue weighted by Crippen LogP contribution is 2.57. The van der Waals surface area contributed by atoms with Gasteiger partial charge in [0.25, 0.3) is 5.91 Å². The highest BCUT2D eigenvalue weighted by Gasteiger charge is 2.63. The molecule has 4 N–H and O–H groups in total. The van der Waals surface area contributed by atoms with E-state index in [9.17, 15) is 37.3 Å². The third-order valence-corrected chi connectivity index (χ3v) is 10.5. The Morgan fingerprint density at radius 1 is 1.14 bits per heavy atom. The quantitative estimate of drug-likeness (QED) is 0.426. The average Bonchev–Trinajstić information content (AvgIpc) is 2.93. The van der Waals surface area contributed by atoms with Gasteiger partial charge in [-0.3, -0.25) is 4.79 Å². The van der Waals surface area contributed by atoms with Crippen LogP contribution in [0, 0.1) is 29.4 Å². The Hall–Kier alpha value is -2.11. The number of halogens is 3. The molecule has 0 saturated heterocycles. The van der Waals surface area contributed by atoms with Crippen molar-refractivity contribution in [2.75, 3.05) is 5.32 Å². The standard InChI is InChI=1S/C26H30ClF2NO6S/c1-13-8-15-10-17(12-18(13)26(15,34)24(32)25(2,3)33)37(35,36)22-9-14(4-6-19(22)27)23(31)30-16-5-7-20(28)21(29)11-16/h4-7,9,11,13,15,17-18,24,32-34H,8,10,12H2,1-3H3,(H,30,31)/t13-,15?,17+,18?,24+,26+/m0/s1. The predicted octanol–water partition coefficient (Wildman–Crippen LogP) is 3.94. The molecule has 4 rings (SSSR count). The molecule has 202 valence electrons. The molecule has 2 aromatic carbocycles. The van der Waals surface area contributed by atoms with Gasteiger partial charge in [0.15, 0.2) is 21.5 Å². The van der Waals surface area contributed by atoms with Crippen molar-refractivity contribution in [1.29, 1.82) is 0 Å². The van der Waals surface area contributed by atoms with Crippen LogP contribution < -0.4 is 5.32 Å². The number of amides is 1. The van der Waals surface area contributed by atoms with Crippen molar-refractivity contribution in [3.63, 3.8) is 0 Å². The molecule has 0 aromatic heterocycles. The Morgan fingerprint density at radius 3 is 2.41 bits per heavy atom. The van der Waals surface area contributed by atoms with Crippen LogP contribution in [0.4, 0.5) is 14.5 Å². The van der Waals surface area contributed by atoms with Crippen LogP contribution in [0.3, 0.4) is 0 Å². The topological polar surface area (TPSA) is 124 Å². The zero-order valence-corrected chi connectivity index (χ0v) is 22.2. The van der Waals surface area contributed by atoms with Crippen LogP contribution in [0.1, 0.15) is 50.4 Å². The molecule has 0 aliphatic heterocycles. The summed E-state index contributed by atoms with van der Waals surface area (Å²) in [6.45, 7) is 4.69. The van der Waals surface area contributed by atoms with Crippen LogP contribution in [0.15, 0.2) is 41.3 Å². The fraction of sp³-hybridized carbons (Fsp3) is 0.500. The van der Waals surface area contributed by atoms with E-state index in [1.54, 1.807) is 0 Å². The van der Waals surface area contributed by atoms with Gasteiger partial charge in [0.05, 0.1) is 26.4 Å². The molecular formula is C26H30ClF2NO6S. The first-order valence-corrected chi connectivity index (χ1v) is 13.9. The number of carbonyl (C=O) groups excluding carboxylic acids is 1. The number of hydrogen-bond donors (Lipinski definition) is 4.